The fraction of sp³-hybridized carbons (Fsp3) is 0.300. The summed E-state index contributed by atoms with van der Waals surface area (Å²) in [6.45, 7) is 0.142. The van der Waals surface area contributed by atoms with Gasteiger partial charge in [0.1, 0.15) is 0 Å². The zero-order valence-corrected chi connectivity index (χ0v) is 11.5. The molecule has 0 aromatic heterocycles. The van der Waals surface area contributed by atoms with Gasteiger partial charge in [0.2, 0.25) is 0 Å². The van der Waals surface area contributed by atoms with Crippen molar-refractivity contribution in [3.05, 3.63) is 35.4 Å². The van der Waals surface area contributed by atoms with E-state index in [4.69, 9.17) is 11.8 Å². The molecule has 0 aliphatic heterocycles. The van der Waals surface area contributed by atoms with Crippen molar-refractivity contribution in [1.82, 2.24) is 8.55 Å². The second-order valence-electron chi connectivity index (χ2n) is 3.53. The molecule has 0 aliphatic carbocycles. The van der Waals surface area contributed by atoms with Gasteiger partial charge in [-0.25, -0.2) is 4.79 Å². The fourth-order valence-electron chi connectivity index (χ4n) is 1.27. The lowest BCUT2D eigenvalue weighted by Crippen LogP contribution is -2.33. The molecule has 1 rings (SSSR count). The number of hydrogen-bond donors (Lipinski definition) is 1. The number of esters is 1. The average molecular weight is 293 g/mol. The Kier molecular flexibility index (Phi) is 5.09. The first kappa shape index (κ1) is 14.9. The Bertz CT molecular complexity index is 515. The van der Waals surface area contributed by atoms with Gasteiger partial charge in [0.25, 0.3) is 10.2 Å². The van der Waals surface area contributed by atoms with Crippen LogP contribution in [0, 0.1) is 0 Å². The van der Waals surface area contributed by atoms with E-state index in [2.05, 4.69) is 4.74 Å². The summed E-state index contributed by atoms with van der Waals surface area (Å²) in [6.07, 6.45) is 0. The van der Waals surface area contributed by atoms with E-state index in [0.29, 0.717) is 5.56 Å². The van der Waals surface area contributed by atoms with E-state index in [0.717, 1.165) is 9.87 Å². The lowest BCUT2D eigenvalue weighted by Gasteiger charge is -2.15. The molecule has 0 radical (unpaired) electrons. The van der Waals surface area contributed by atoms with Crippen LogP contribution in [0.15, 0.2) is 24.3 Å². The van der Waals surface area contributed by atoms with Gasteiger partial charge in [0.15, 0.2) is 0 Å². The van der Waals surface area contributed by atoms with Crippen molar-refractivity contribution in [2.45, 2.75) is 6.54 Å². The zero-order valence-electron chi connectivity index (χ0n) is 9.88. The number of halogens is 1. The highest BCUT2D eigenvalue weighted by molar-refractivity contribution is 7.88. The van der Waals surface area contributed by atoms with Crippen molar-refractivity contribution >= 4 is 28.0 Å². The SMILES string of the molecule is COC(=O)c1ccc(CN(C)S(=O)(=O)NCl)cc1. The van der Waals surface area contributed by atoms with Crippen LogP contribution in [-0.4, -0.2) is 32.8 Å². The van der Waals surface area contributed by atoms with Crippen LogP contribution in [0.2, 0.25) is 0 Å². The van der Waals surface area contributed by atoms with Gasteiger partial charge in [-0.05, 0) is 29.5 Å². The monoisotopic (exact) mass is 292 g/mol. The maximum absolute atomic E-state index is 11.3. The Hall–Kier alpha value is -1.15. The number of ether oxygens (including phenoxy) is 1. The van der Waals surface area contributed by atoms with Crippen LogP contribution >= 0.6 is 11.8 Å². The quantitative estimate of drug-likeness (QED) is 0.646. The van der Waals surface area contributed by atoms with Gasteiger partial charge in [-0.15, -0.1) is 4.24 Å². The summed E-state index contributed by atoms with van der Waals surface area (Å²) >= 11 is 5.10. The summed E-state index contributed by atoms with van der Waals surface area (Å²) in [7, 11) is -0.988. The molecule has 0 bridgehead atoms. The molecule has 0 fully saturated rings. The Morgan fingerprint density at radius 2 is 1.94 bits per heavy atom. The third-order valence-corrected chi connectivity index (χ3v) is 4.02. The van der Waals surface area contributed by atoms with E-state index in [1.807, 2.05) is 0 Å². The summed E-state index contributed by atoms with van der Waals surface area (Å²) < 4.78 is 30.0. The molecule has 0 spiro atoms. The minimum atomic E-state index is -3.67. The molecule has 8 heteroatoms. The van der Waals surface area contributed by atoms with Crippen LogP contribution < -0.4 is 4.24 Å². The second kappa shape index (κ2) is 6.14. The molecule has 18 heavy (non-hydrogen) atoms. The summed E-state index contributed by atoms with van der Waals surface area (Å²) in [5, 5.41) is 0. The summed E-state index contributed by atoms with van der Waals surface area (Å²) in [5.74, 6) is -0.440. The molecular weight excluding hydrogens is 280 g/mol. The van der Waals surface area contributed by atoms with E-state index >= 15 is 0 Å². The van der Waals surface area contributed by atoms with Crippen LogP contribution in [0.1, 0.15) is 15.9 Å². The normalized spacial score (nSPS) is 11.6. The first-order valence-corrected chi connectivity index (χ1v) is 6.73. The minimum Gasteiger partial charge on any atom is -0.465 e. The second-order valence-corrected chi connectivity index (χ2v) is 5.72. The number of nitrogens with zero attached hydrogens (tertiary/aromatic N) is 1. The highest BCUT2D eigenvalue weighted by Gasteiger charge is 2.16. The molecule has 1 aromatic rings. The van der Waals surface area contributed by atoms with E-state index < -0.39 is 16.2 Å². The molecular formula is C10H13ClN2O4S. The molecule has 100 valence electrons. The fourth-order valence-corrected chi connectivity index (χ4v) is 2.06. The first-order valence-electron chi connectivity index (χ1n) is 4.91. The molecule has 0 heterocycles. The smallest absolute Gasteiger partial charge is 0.337 e. The summed E-state index contributed by atoms with van der Waals surface area (Å²) in [6, 6.07) is 6.42. The van der Waals surface area contributed by atoms with Crippen molar-refractivity contribution in [3.8, 4) is 0 Å². The average Bonchev–Trinajstić information content (AvgIpc) is 2.38. The maximum Gasteiger partial charge on any atom is 0.337 e. The molecule has 1 aromatic carbocycles. The third kappa shape index (κ3) is 3.67. The number of methoxy groups -OCH3 is 1. The van der Waals surface area contributed by atoms with Crippen LogP contribution in [0.3, 0.4) is 0 Å². The van der Waals surface area contributed by atoms with Crippen molar-refractivity contribution in [3.63, 3.8) is 0 Å². The highest BCUT2D eigenvalue weighted by Crippen LogP contribution is 2.09. The lowest BCUT2D eigenvalue weighted by atomic mass is 10.1. The van der Waals surface area contributed by atoms with Crippen LogP contribution in [0.5, 0.6) is 0 Å². The van der Waals surface area contributed by atoms with E-state index in [-0.39, 0.29) is 6.54 Å². The number of carbonyl (C=O) groups excluding carboxylic acids is 1. The van der Waals surface area contributed by atoms with Gasteiger partial charge in [-0.2, -0.15) is 12.7 Å². The van der Waals surface area contributed by atoms with Crippen molar-refractivity contribution < 1.29 is 17.9 Å². The van der Waals surface area contributed by atoms with Gasteiger partial charge in [0.05, 0.1) is 12.7 Å². The molecule has 0 atom stereocenters. The van der Waals surface area contributed by atoms with Crippen LogP contribution in [0.4, 0.5) is 0 Å². The predicted octanol–water partition coefficient (Wildman–Crippen LogP) is 0.893. The first-order chi connectivity index (χ1) is 8.40. The summed E-state index contributed by atoms with van der Waals surface area (Å²) in [5.41, 5.74) is 1.13. The van der Waals surface area contributed by atoms with Crippen molar-refractivity contribution in [2.24, 2.45) is 0 Å². The number of hydrogen-bond acceptors (Lipinski definition) is 4. The highest BCUT2D eigenvalue weighted by atomic mass is 35.5. The zero-order chi connectivity index (χ0) is 13.8. The Labute approximate surface area is 111 Å². The van der Waals surface area contributed by atoms with Crippen molar-refractivity contribution in [2.75, 3.05) is 14.2 Å². The standard InChI is InChI=1S/C10H13ClN2O4S/c1-13(18(15,16)12-11)7-8-3-5-9(6-4-8)10(14)17-2/h3-6,12H,7H2,1-2H3. The molecule has 0 saturated carbocycles. The maximum atomic E-state index is 11.3. The lowest BCUT2D eigenvalue weighted by molar-refractivity contribution is 0.0600. The predicted molar refractivity (Wildman–Crippen MR) is 67.2 cm³/mol. The topological polar surface area (TPSA) is 75.7 Å². The van der Waals surface area contributed by atoms with Crippen LogP contribution in [0.25, 0.3) is 0 Å². The van der Waals surface area contributed by atoms with Gasteiger partial charge >= 0.3 is 5.97 Å². The van der Waals surface area contributed by atoms with Gasteiger partial charge in [-0.3, -0.25) is 0 Å². The third-order valence-electron chi connectivity index (χ3n) is 2.29. The molecule has 6 nitrogen and oxygen atoms in total. The molecule has 0 saturated heterocycles. The van der Waals surface area contributed by atoms with Gasteiger partial charge < -0.3 is 4.74 Å². The number of rotatable bonds is 5. The van der Waals surface area contributed by atoms with E-state index in [1.54, 1.807) is 28.5 Å². The Morgan fingerprint density at radius 3 is 2.39 bits per heavy atom. The van der Waals surface area contributed by atoms with Gasteiger partial charge in [0, 0.05) is 13.6 Å². The van der Waals surface area contributed by atoms with Gasteiger partial charge in [-0.1, -0.05) is 12.1 Å². The van der Waals surface area contributed by atoms with Crippen molar-refractivity contribution in [1.29, 1.82) is 0 Å². The van der Waals surface area contributed by atoms with E-state index in [1.165, 1.54) is 14.2 Å². The largest absolute Gasteiger partial charge is 0.465 e. The Balaban J connectivity index is 2.79. The minimum absolute atomic E-state index is 0.142. The number of benzene rings is 1. The molecule has 0 amide bonds. The Morgan fingerprint density at radius 1 is 1.39 bits per heavy atom. The van der Waals surface area contributed by atoms with Crippen LogP contribution in [-0.2, 0) is 21.5 Å². The summed E-state index contributed by atoms with van der Waals surface area (Å²) in [4.78, 5) is 11.2. The molecule has 1 N–H and O–H groups in total. The number of carbonyl (C=O) groups is 1. The molecule has 0 unspecified atom stereocenters. The van der Waals surface area contributed by atoms with E-state index in [9.17, 15) is 13.2 Å². The number of nitrogens with one attached hydrogen (secondary N) is 1. The molecule has 0 aliphatic rings.